The van der Waals surface area contributed by atoms with E-state index < -0.39 is 11.8 Å². The number of aryl methyl sites for hydroxylation is 1. The Kier molecular flexibility index (Phi) is 8.43. The normalized spacial score (nSPS) is 10.3. The van der Waals surface area contributed by atoms with Crippen LogP contribution in [0.1, 0.15) is 5.56 Å². The standard InChI is InChI=1S/C22H19Br2N3O4S/c1-13-10-15(23)7-9-17(13)30-11-19(28)25-22(32)27-26-20(29)12-31-18-8-6-14-4-2-3-5-16(14)21(18)24/h2-10H,11-12H2,1H3,(H,26,29)(H2,25,27,28,32). The van der Waals surface area contributed by atoms with Gasteiger partial charge in [0.05, 0.1) is 4.47 Å². The number of rotatable bonds is 6. The maximum Gasteiger partial charge on any atom is 0.276 e. The number of hydrogen-bond acceptors (Lipinski definition) is 5. The number of benzene rings is 3. The lowest BCUT2D eigenvalue weighted by Crippen LogP contribution is -2.50. The van der Waals surface area contributed by atoms with E-state index in [4.69, 9.17) is 21.7 Å². The van der Waals surface area contributed by atoms with Crippen molar-refractivity contribution in [3.05, 3.63) is 69.1 Å². The Balaban J connectivity index is 1.40. The van der Waals surface area contributed by atoms with E-state index in [0.29, 0.717) is 11.5 Å². The van der Waals surface area contributed by atoms with Gasteiger partial charge in [0.25, 0.3) is 11.8 Å². The molecule has 0 aliphatic rings. The van der Waals surface area contributed by atoms with E-state index in [0.717, 1.165) is 25.3 Å². The number of carbonyl (C=O) groups is 2. The smallest absolute Gasteiger partial charge is 0.276 e. The molecule has 3 aromatic rings. The molecule has 0 atom stereocenters. The first-order valence-electron chi connectivity index (χ1n) is 9.41. The Hall–Kier alpha value is -2.69. The van der Waals surface area contributed by atoms with Gasteiger partial charge in [-0.25, -0.2) is 0 Å². The molecule has 0 aromatic heterocycles. The molecule has 0 spiro atoms. The first-order chi connectivity index (χ1) is 15.3. The van der Waals surface area contributed by atoms with Gasteiger partial charge in [0, 0.05) is 4.47 Å². The molecule has 0 bridgehead atoms. The molecule has 3 rings (SSSR count). The molecule has 0 fully saturated rings. The van der Waals surface area contributed by atoms with Crippen molar-refractivity contribution in [2.75, 3.05) is 13.2 Å². The molecule has 2 amide bonds. The van der Waals surface area contributed by atoms with Crippen molar-refractivity contribution in [2.45, 2.75) is 6.92 Å². The van der Waals surface area contributed by atoms with E-state index in [1.165, 1.54) is 0 Å². The first kappa shape index (κ1) is 24.0. The second-order valence-electron chi connectivity index (χ2n) is 6.64. The minimum atomic E-state index is -0.469. The summed E-state index contributed by atoms with van der Waals surface area (Å²) in [5.74, 6) is 0.196. The van der Waals surface area contributed by atoms with Gasteiger partial charge in [0.15, 0.2) is 18.3 Å². The summed E-state index contributed by atoms with van der Waals surface area (Å²) in [6.45, 7) is 1.40. The summed E-state index contributed by atoms with van der Waals surface area (Å²) in [7, 11) is 0. The molecule has 0 saturated heterocycles. The molecule has 3 N–H and O–H groups in total. The van der Waals surface area contributed by atoms with E-state index in [-0.39, 0.29) is 18.3 Å². The number of amides is 2. The summed E-state index contributed by atoms with van der Waals surface area (Å²) >= 11 is 11.9. The fourth-order valence-electron chi connectivity index (χ4n) is 2.74. The van der Waals surface area contributed by atoms with Crippen LogP contribution in [0.4, 0.5) is 0 Å². The molecule has 0 aliphatic carbocycles. The summed E-state index contributed by atoms with van der Waals surface area (Å²) < 4.78 is 12.7. The van der Waals surface area contributed by atoms with Gasteiger partial charge in [-0.15, -0.1) is 0 Å². The van der Waals surface area contributed by atoms with Crippen molar-refractivity contribution < 1.29 is 19.1 Å². The Labute approximate surface area is 207 Å². The van der Waals surface area contributed by atoms with E-state index >= 15 is 0 Å². The van der Waals surface area contributed by atoms with E-state index in [2.05, 4.69) is 48.0 Å². The summed E-state index contributed by atoms with van der Waals surface area (Å²) in [6, 6.07) is 17.0. The highest BCUT2D eigenvalue weighted by Gasteiger charge is 2.11. The monoisotopic (exact) mass is 579 g/mol. The summed E-state index contributed by atoms with van der Waals surface area (Å²) in [4.78, 5) is 24.0. The fraction of sp³-hybridized carbons (Fsp3) is 0.136. The highest BCUT2D eigenvalue weighted by Crippen LogP contribution is 2.32. The number of halogens is 2. The fourth-order valence-corrected chi connectivity index (χ4v) is 3.99. The van der Waals surface area contributed by atoms with Crippen LogP contribution in [0.25, 0.3) is 10.8 Å². The van der Waals surface area contributed by atoms with Crippen LogP contribution in [-0.4, -0.2) is 30.1 Å². The molecular weight excluding hydrogens is 562 g/mol. The molecule has 166 valence electrons. The Morgan fingerprint density at radius 3 is 2.38 bits per heavy atom. The number of carbonyl (C=O) groups excluding carboxylic acids is 2. The van der Waals surface area contributed by atoms with E-state index in [1.54, 1.807) is 12.1 Å². The second kappa shape index (κ2) is 11.3. The highest BCUT2D eigenvalue weighted by molar-refractivity contribution is 9.11. The summed E-state index contributed by atoms with van der Waals surface area (Å²) in [6.07, 6.45) is 0. The zero-order valence-corrected chi connectivity index (χ0v) is 20.9. The van der Waals surface area contributed by atoms with Crippen LogP contribution in [0.5, 0.6) is 11.5 Å². The number of hydrogen-bond donors (Lipinski definition) is 3. The molecule has 7 nitrogen and oxygen atoms in total. The average Bonchev–Trinajstić information content (AvgIpc) is 2.77. The Morgan fingerprint density at radius 1 is 0.906 bits per heavy atom. The molecule has 0 aliphatic heterocycles. The minimum Gasteiger partial charge on any atom is -0.483 e. The maximum atomic E-state index is 12.0. The van der Waals surface area contributed by atoms with Gasteiger partial charge < -0.3 is 9.47 Å². The number of thiocarbonyl (C=S) groups is 1. The Morgan fingerprint density at radius 2 is 1.59 bits per heavy atom. The van der Waals surface area contributed by atoms with Crippen molar-refractivity contribution in [1.82, 2.24) is 16.2 Å². The number of ether oxygens (including phenoxy) is 2. The van der Waals surface area contributed by atoms with Crippen LogP contribution in [0, 0.1) is 6.92 Å². The molecular formula is C22H19Br2N3O4S. The van der Waals surface area contributed by atoms with Crippen LogP contribution in [0.3, 0.4) is 0 Å². The highest BCUT2D eigenvalue weighted by atomic mass is 79.9. The third kappa shape index (κ3) is 6.65. The molecule has 32 heavy (non-hydrogen) atoms. The van der Waals surface area contributed by atoms with Gasteiger partial charge in [0.1, 0.15) is 11.5 Å². The third-order valence-corrected chi connectivity index (χ3v) is 5.77. The van der Waals surface area contributed by atoms with Crippen molar-refractivity contribution in [2.24, 2.45) is 0 Å². The number of nitrogens with one attached hydrogen (secondary N) is 3. The second-order valence-corrected chi connectivity index (χ2v) is 8.75. The van der Waals surface area contributed by atoms with Gasteiger partial charge >= 0.3 is 0 Å². The minimum absolute atomic E-state index is 0.0636. The zero-order valence-electron chi connectivity index (χ0n) is 16.9. The molecule has 0 unspecified atom stereocenters. The van der Waals surface area contributed by atoms with Crippen LogP contribution >= 0.6 is 44.1 Å². The third-order valence-electron chi connectivity index (χ3n) is 4.25. The Bertz CT molecular complexity index is 1170. The molecule has 10 heteroatoms. The molecule has 0 saturated carbocycles. The number of fused-ring (bicyclic) bond motifs is 1. The van der Waals surface area contributed by atoms with Gasteiger partial charge in [0.2, 0.25) is 0 Å². The van der Waals surface area contributed by atoms with Crippen LogP contribution in [0.2, 0.25) is 0 Å². The largest absolute Gasteiger partial charge is 0.483 e. The van der Waals surface area contributed by atoms with Gasteiger partial charge in [-0.05, 0) is 75.7 Å². The van der Waals surface area contributed by atoms with Crippen LogP contribution in [0.15, 0.2) is 63.5 Å². The zero-order chi connectivity index (χ0) is 23.1. The summed E-state index contributed by atoms with van der Waals surface area (Å²) in [5.41, 5.74) is 5.72. The molecule has 3 aromatic carbocycles. The molecule has 0 radical (unpaired) electrons. The lowest BCUT2D eigenvalue weighted by molar-refractivity contribution is -0.124. The van der Waals surface area contributed by atoms with Crippen LogP contribution in [-0.2, 0) is 9.59 Å². The van der Waals surface area contributed by atoms with Crippen LogP contribution < -0.4 is 25.6 Å². The first-order valence-corrected chi connectivity index (χ1v) is 11.4. The predicted octanol–water partition coefficient (Wildman–Crippen LogP) is 4.15. The average molecular weight is 581 g/mol. The topological polar surface area (TPSA) is 88.7 Å². The van der Waals surface area contributed by atoms with E-state index in [1.807, 2.05) is 49.4 Å². The SMILES string of the molecule is Cc1cc(Br)ccc1OCC(=O)NC(=S)NNC(=O)COc1ccc2ccccc2c1Br. The maximum absolute atomic E-state index is 12.0. The van der Waals surface area contributed by atoms with Gasteiger partial charge in [-0.2, -0.15) is 0 Å². The van der Waals surface area contributed by atoms with Gasteiger partial charge in [-0.1, -0.05) is 46.3 Å². The van der Waals surface area contributed by atoms with Gasteiger partial charge in [-0.3, -0.25) is 25.8 Å². The molecule has 0 heterocycles. The lowest BCUT2D eigenvalue weighted by atomic mass is 10.1. The van der Waals surface area contributed by atoms with Crippen molar-refractivity contribution in [1.29, 1.82) is 0 Å². The number of hydrazine groups is 1. The predicted molar refractivity (Wildman–Crippen MR) is 134 cm³/mol. The lowest BCUT2D eigenvalue weighted by Gasteiger charge is -2.13. The van der Waals surface area contributed by atoms with Crippen molar-refractivity contribution >= 4 is 71.8 Å². The van der Waals surface area contributed by atoms with E-state index in [9.17, 15) is 9.59 Å². The summed E-state index contributed by atoms with van der Waals surface area (Å²) in [5, 5.41) is 4.39. The van der Waals surface area contributed by atoms with Crippen molar-refractivity contribution in [3.8, 4) is 11.5 Å². The van der Waals surface area contributed by atoms with Crippen molar-refractivity contribution in [3.63, 3.8) is 0 Å². The quantitative estimate of drug-likeness (QED) is 0.300.